The van der Waals surface area contributed by atoms with E-state index < -0.39 is 5.41 Å². The molecule has 156 valence electrons. The molecule has 0 unspecified atom stereocenters. The summed E-state index contributed by atoms with van der Waals surface area (Å²) in [6.45, 7) is 0.585. The van der Waals surface area contributed by atoms with E-state index in [9.17, 15) is 9.59 Å². The van der Waals surface area contributed by atoms with Crippen LogP contribution in [0, 0.1) is 0 Å². The Balaban J connectivity index is 1.41. The van der Waals surface area contributed by atoms with E-state index in [0.29, 0.717) is 23.6 Å². The minimum Gasteiger partial charge on any atom is -0.355 e. The molecule has 1 aliphatic heterocycles. The lowest BCUT2D eigenvalue weighted by Gasteiger charge is -2.18. The van der Waals surface area contributed by atoms with Crippen LogP contribution in [0.25, 0.3) is 0 Å². The topological polar surface area (TPSA) is 49.4 Å². The molecule has 5 heteroatoms. The number of hydrogen-bond acceptors (Lipinski definition) is 2. The summed E-state index contributed by atoms with van der Waals surface area (Å²) in [6.07, 6.45) is 1.51. The molecular formula is C26H23ClN2O2. The van der Waals surface area contributed by atoms with Crippen LogP contribution in [-0.4, -0.2) is 25.4 Å². The molecule has 0 saturated heterocycles. The number of halogens is 1. The molecule has 0 radical (unpaired) electrons. The summed E-state index contributed by atoms with van der Waals surface area (Å²) in [5.41, 5.74) is 4.50. The van der Waals surface area contributed by atoms with Gasteiger partial charge >= 0.3 is 0 Å². The largest absolute Gasteiger partial charge is 0.355 e. The van der Waals surface area contributed by atoms with Crippen molar-refractivity contribution in [1.29, 1.82) is 0 Å². The number of rotatable bonds is 5. The van der Waals surface area contributed by atoms with Crippen molar-refractivity contribution in [2.24, 2.45) is 0 Å². The van der Waals surface area contributed by atoms with Gasteiger partial charge in [-0.15, -0.1) is 0 Å². The van der Waals surface area contributed by atoms with Gasteiger partial charge in [0.05, 0.1) is 5.41 Å². The fourth-order valence-electron chi connectivity index (χ4n) is 4.92. The summed E-state index contributed by atoms with van der Waals surface area (Å²) in [6, 6.07) is 23.6. The highest BCUT2D eigenvalue weighted by molar-refractivity contribution is 6.30. The Morgan fingerprint density at radius 3 is 2.65 bits per heavy atom. The van der Waals surface area contributed by atoms with Crippen molar-refractivity contribution in [2.75, 3.05) is 18.5 Å². The lowest BCUT2D eigenvalue weighted by molar-refractivity contribution is -0.120. The second-order valence-electron chi connectivity index (χ2n) is 8.28. The fraction of sp³-hybridized carbons (Fsp3) is 0.231. The molecule has 0 aromatic heterocycles. The van der Waals surface area contributed by atoms with E-state index in [2.05, 4.69) is 11.4 Å². The average Bonchev–Trinajstić information content (AvgIpc) is 3.51. The van der Waals surface area contributed by atoms with E-state index in [4.69, 9.17) is 11.6 Å². The molecule has 4 nitrogen and oxygen atoms in total. The van der Waals surface area contributed by atoms with Crippen LogP contribution < -0.4 is 10.2 Å². The van der Waals surface area contributed by atoms with E-state index in [1.54, 1.807) is 13.1 Å². The van der Waals surface area contributed by atoms with Crippen LogP contribution in [0.1, 0.15) is 39.4 Å². The van der Waals surface area contributed by atoms with Gasteiger partial charge in [-0.2, -0.15) is 0 Å². The van der Waals surface area contributed by atoms with Gasteiger partial charge < -0.3 is 10.2 Å². The molecule has 2 aliphatic rings. The lowest BCUT2D eigenvalue weighted by atomic mass is 9.92. The molecule has 1 N–H and O–H groups in total. The predicted molar refractivity (Wildman–Crippen MR) is 123 cm³/mol. The van der Waals surface area contributed by atoms with Gasteiger partial charge in [0.15, 0.2) is 0 Å². The van der Waals surface area contributed by atoms with Crippen molar-refractivity contribution in [3.63, 3.8) is 0 Å². The molecule has 0 bridgehead atoms. The van der Waals surface area contributed by atoms with Gasteiger partial charge in [-0.1, -0.05) is 54.1 Å². The fourth-order valence-corrected chi connectivity index (χ4v) is 5.05. The summed E-state index contributed by atoms with van der Waals surface area (Å²) < 4.78 is 0. The highest BCUT2D eigenvalue weighted by Crippen LogP contribution is 2.66. The van der Waals surface area contributed by atoms with Crippen LogP contribution >= 0.6 is 11.6 Å². The molecule has 2 amide bonds. The Morgan fingerprint density at radius 1 is 1.10 bits per heavy atom. The van der Waals surface area contributed by atoms with Crippen LogP contribution in [0.5, 0.6) is 0 Å². The second-order valence-corrected chi connectivity index (χ2v) is 8.72. The molecule has 3 aromatic rings. The summed E-state index contributed by atoms with van der Waals surface area (Å²) in [5.74, 6) is 0.253. The van der Waals surface area contributed by atoms with Crippen molar-refractivity contribution in [3.05, 3.63) is 100 Å². The molecule has 1 saturated carbocycles. The Hall–Kier alpha value is -3.11. The summed E-state index contributed by atoms with van der Waals surface area (Å²) in [4.78, 5) is 27.5. The SMILES string of the molecule is CNC(=O)c1cccc(CCN2C(=O)[C@]3(C[C@@H]3c3ccc(Cl)cc3)c3ccccc32)c1. The van der Waals surface area contributed by atoms with E-state index in [-0.39, 0.29) is 17.7 Å². The van der Waals surface area contributed by atoms with Gasteiger partial charge in [0, 0.05) is 35.8 Å². The number of anilines is 1. The number of hydrogen-bond donors (Lipinski definition) is 1. The Morgan fingerprint density at radius 2 is 1.87 bits per heavy atom. The molecule has 3 aromatic carbocycles. The normalized spacial score (nSPS) is 21.3. The minimum atomic E-state index is -0.464. The molecule has 1 aliphatic carbocycles. The van der Waals surface area contributed by atoms with Crippen molar-refractivity contribution in [2.45, 2.75) is 24.2 Å². The number of nitrogens with zero attached hydrogens (tertiary/aromatic N) is 1. The summed E-state index contributed by atoms with van der Waals surface area (Å²) in [5, 5.41) is 3.36. The maximum Gasteiger partial charge on any atom is 0.251 e. The molecule has 1 heterocycles. The van der Waals surface area contributed by atoms with Crippen LogP contribution in [0.3, 0.4) is 0 Å². The number of para-hydroxylation sites is 1. The number of nitrogens with one attached hydrogen (secondary N) is 1. The third-order valence-corrected chi connectivity index (χ3v) is 6.83. The van der Waals surface area contributed by atoms with Gasteiger partial charge in [0.2, 0.25) is 5.91 Å². The molecule has 5 rings (SSSR count). The summed E-state index contributed by atoms with van der Waals surface area (Å²) in [7, 11) is 1.63. The molecular weight excluding hydrogens is 408 g/mol. The quantitative estimate of drug-likeness (QED) is 0.637. The standard InChI is InChI=1S/C26H23ClN2O2/c1-28-24(30)19-6-4-5-17(15-19)13-14-29-23-8-3-2-7-21(23)26(25(29)31)16-22(26)18-9-11-20(27)12-10-18/h2-12,15,22H,13-14,16H2,1H3,(H,28,30)/t22-,26-/m1/s1. The Kier molecular flexibility index (Phi) is 4.82. The van der Waals surface area contributed by atoms with E-state index in [1.807, 2.05) is 65.6 Å². The smallest absolute Gasteiger partial charge is 0.251 e. The monoisotopic (exact) mass is 430 g/mol. The lowest BCUT2D eigenvalue weighted by Crippen LogP contribution is -2.34. The van der Waals surface area contributed by atoms with Crippen molar-refractivity contribution >= 4 is 29.1 Å². The first-order chi connectivity index (χ1) is 15.0. The number of carbonyl (C=O) groups is 2. The van der Waals surface area contributed by atoms with E-state index in [0.717, 1.165) is 28.8 Å². The van der Waals surface area contributed by atoms with Crippen LogP contribution in [0.15, 0.2) is 72.8 Å². The maximum atomic E-state index is 13.7. The predicted octanol–water partition coefficient (Wildman–Crippen LogP) is 4.71. The van der Waals surface area contributed by atoms with Crippen molar-refractivity contribution < 1.29 is 9.59 Å². The molecule has 1 fully saturated rings. The number of carbonyl (C=O) groups excluding carboxylic acids is 2. The first-order valence-electron chi connectivity index (χ1n) is 10.5. The second kappa shape index (κ2) is 7.54. The number of amides is 2. The highest BCUT2D eigenvalue weighted by Gasteiger charge is 2.66. The third kappa shape index (κ3) is 3.22. The van der Waals surface area contributed by atoms with Crippen LogP contribution in [-0.2, 0) is 16.6 Å². The van der Waals surface area contributed by atoms with E-state index >= 15 is 0 Å². The molecule has 1 spiro atoms. The first-order valence-corrected chi connectivity index (χ1v) is 10.9. The zero-order chi connectivity index (χ0) is 21.6. The van der Waals surface area contributed by atoms with Crippen molar-refractivity contribution in [1.82, 2.24) is 5.32 Å². The van der Waals surface area contributed by atoms with Gasteiger partial charge in [0.1, 0.15) is 0 Å². The minimum absolute atomic E-state index is 0.104. The van der Waals surface area contributed by atoms with Gasteiger partial charge in [-0.3, -0.25) is 9.59 Å². The third-order valence-electron chi connectivity index (χ3n) is 6.58. The summed E-state index contributed by atoms with van der Waals surface area (Å²) >= 11 is 6.06. The van der Waals surface area contributed by atoms with Crippen molar-refractivity contribution in [3.8, 4) is 0 Å². The first kappa shape index (κ1) is 19.8. The number of benzene rings is 3. The van der Waals surface area contributed by atoms with E-state index in [1.165, 1.54) is 0 Å². The number of fused-ring (bicyclic) bond motifs is 2. The van der Waals surface area contributed by atoms with Gasteiger partial charge in [0.25, 0.3) is 5.91 Å². The zero-order valence-corrected chi connectivity index (χ0v) is 18.0. The van der Waals surface area contributed by atoms with Gasteiger partial charge in [-0.05, 0) is 59.9 Å². The zero-order valence-electron chi connectivity index (χ0n) is 17.3. The molecule has 31 heavy (non-hydrogen) atoms. The van der Waals surface area contributed by atoms with Gasteiger partial charge in [-0.25, -0.2) is 0 Å². The van der Waals surface area contributed by atoms with Crippen LogP contribution in [0.4, 0.5) is 5.69 Å². The Labute approximate surface area is 186 Å². The van der Waals surface area contributed by atoms with Crippen LogP contribution in [0.2, 0.25) is 5.02 Å². The maximum absolute atomic E-state index is 13.7. The average molecular weight is 431 g/mol. The Bertz CT molecular complexity index is 1170. The molecule has 2 atom stereocenters. The highest BCUT2D eigenvalue weighted by atomic mass is 35.5.